The number of benzene rings is 2. The Kier molecular flexibility index (Phi) is 5.53. The minimum atomic E-state index is -0.644. The summed E-state index contributed by atoms with van der Waals surface area (Å²) in [7, 11) is 0. The number of likely N-dealkylation sites (tertiary alicyclic amines) is 1. The van der Waals surface area contributed by atoms with Crippen molar-refractivity contribution in [2.45, 2.75) is 17.7 Å². The van der Waals surface area contributed by atoms with Crippen molar-refractivity contribution in [2.75, 3.05) is 19.3 Å². The van der Waals surface area contributed by atoms with Crippen LogP contribution in [0.3, 0.4) is 0 Å². The number of rotatable bonds is 4. The molecule has 29 heavy (non-hydrogen) atoms. The second-order valence-electron chi connectivity index (χ2n) is 7.17. The second kappa shape index (κ2) is 8.25. The fourth-order valence-corrected chi connectivity index (χ4v) is 4.16. The van der Waals surface area contributed by atoms with Gasteiger partial charge in [-0.3, -0.25) is 9.59 Å². The fourth-order valence-electron chi connectivity index (χ4n) is 3.75. The van der Waals surface area contributed by atoms with Crippen LogP contribution in [-0.4, -0.2) is 35.9 Å². The van der Waals surface area contributed by atoms with Crippen LogP contribution >= 0.6 is 11.8 Å². The molecule has 0 aliphatic carbocycles. The minimum absolute atomic E-state index is 0.0149. The Hall–Kier alpha value is -2.86. The lowest BCUT2D eigenvalue weighted by Crippen LogP contribution is -2.43. The number of carbonyl (C=O) groups is 2. The average molecular weight is 407 g/mol. The van der Waals surface area contributed by atoms with Crippen molar-refractivity contribution in [3.05, 3.63) is 76.1 Å². The van der Waals surface area contributed by atoms with Gasteiger partial charge in [0.05, 0.1) is 0 Å². The van der Waals surface area contributed by atoms with E-state index in [1.165, 1.54) is 0 Å². The normalized spacial score (nSPS) is 16.7. The predicted octanol–water partition coefficient (Wildman–Crippen LogP) is 4.25. The Labute approximate surface area is 172 Å². The van der Waals surface area contributed by atoms with Gasteiger partial charge in [-0.25, -0.2) is 4.79 Å². The third-order valence-electron chi connectivity index (χ3n) is 5.33. The first-order valence-corrected chi connectivity index (χ1v) is 10.8. The Morgan fingerprint density at radius 3 is 2.62 bits per heavy atom. The summed E-state index contributed by atoms with van der Waals surface area (Å²) in [6.45, 7) is 0.842. The van der Waals surface area contributed by atoms with Gasteiger partial charge >= 0.3 is 5.63 Å². The summed E-state index contributed by atoms with van der Waals surface area (Å²) in [4.78, 5) is 41.0. The fraction of sp³-hybridized carbons (Fsp3) is 0.261. The molecule has 0 N–H and O–H groups in total. The van der Waals surface area contributed by atoms with Crippen molar-refractivity contribution in [2.24, 2.45) is 5.92 Å². The van der Waals surface area contributed by atoms with Crippen LogP contribution in [0.4, 0.5) is 0 Å². The summed E-state index contributed by atoms with van der Waals surface area (Å²) in [5.74, 6) is -0.597. The maximum absolute atomic E-state index is 13.0. The molecule has 1 saturated heterocycles. The van der Waals surface area contributed by atoms with E-state index in [9.17, 15) is 14.4 Å². The highest BCUT2D eigenvalue weighted by Gasteiger charge is 2.30. The highest BCUT2D eigenvalue weighted by atomic mass is 32.2. The number of piperidine rings is 1. The lowest BCUT2D eigenvalue weighted by molar-refractivity contribution is 0.0634. The van der Waals surface area contributed by atoms with Crippen LogP contribution in [0.5, 0.6) is 0 Å². The molecule has 1 aromatic heterocycles. The van der Waals surface area contributed by atoms with Gasteiger partial charge in [-0.2, -0.15) is 0 Å². The number of amides is 1. The van der Waals surface area contributed by atoms with Gasteiger partial charge < -0.3 is 9.32 Å². The molecule has 2 aromatic carbocycles. The molecule has 0 unspecified atom stereocenters. The molecule has 1 aliphatic heterocycles. The first kappa shape index (κ1) is 19.5. The third-order valence-corrected chi connectivity index (χ3v) is 6.07. The molecule has 1 atom stereocenters. The lowest BCUT2D eigenvalue weighted by atomic mass is 9.89. The van der Waals surface area contributed by atoms with Crippen LogP contribution in [0.2, 0.25) is 0 Å². The van der Waals surface area contributed by atoms with Gasteiger partial charge in [0.1, 0.15) is 11.1 Å². The van der Waals surface area contributed by atoms with Crippen molar-refractivity contribution in [3.8, 4) is 0 Å². The average Bonchev–Trinajstić information content (AvgIpc) is 2.77. The van der Waals surface area contributed by atoms with Crippen molar-refractivity contribution in [3.63, 3.8) is 0 Å². The second-order valence-corrected chi connectivity index (χ2v) is 8.05. The van der Waals surface area contributed by atoms with Crippen molar-refractivity contribution in [1.82, 2.24) is 4.90 Å². The predicted molar refractivity (Wildman–Crippen MR) is 114 cm³/mol. The molecule has 0 spiro atoms. The van der Waals surface area contributed by atoms with Gasteiger partial charge in [-0.15, -0.1) is 11.8 Å². The van der Waals surface area contributed by atoms with Gasteiger partial charge in [-0.1, -0.05) is 30.3 Å². The van der Waals surface area contributed by atoms with Crippen molar-refractivity contribution >= 4 is 34.4 Å². The highest BCUT2D eigenvalue weighted by molar-refractivity contribution is 7.98. The number of nitrogens with zero attached hydrogens (tertiary/aromatic N) is 1. The number of hydrogen-bond donors (Lipinski definition) is 0. The van der Waals surface area contributed by atoms with Crippen LogP contribution in [0.25, 0.3) is 11.0 Å². The highest BCUT2D eigenvalue weighted by Crippen LogP contribution is 2.24. The Balaban J connectivity index is 1.54. The monoisotopic (exact) mass is 407 g/mol. The molecular weight excluding hydrogens is 386 g/mol. The molecule has 3 aromatic rings. The molecule has 0 saturated carbocycles. The number of carbonyl (C=O) groups excluding carboxylic acids is 2. The molecule has 148 valence electrons. The summed E-state index contributed by atoms with van der Waals surface area (Å²) < 4.78 is 5.30. The van der Waals surface area contributed by atoms with Gasteiger partial charge in [0, 0.05) is 34.9 Å². The van der Waals surface area contributed by atoms with E-state index in [0.29, 0.717) is 29.6 Å². The zero-order chi connectivity index (χ0) is 20.4. The maximum atomic E-state index is 13.0. The van der Waals surface area contributed by atoms with Gasteiger partial charge in [0.15, 0.2) is 5.78 Å². The minimum Gasteiger partial charge on any atom is -0.422 e. The molecule has 0 radical (unpaired) electrons. The molecule has 4 rings (SSSR count). The summed E-state index contributed by atoms with van der Waals surface area (Å²) in [5.41, 5.74) is 0.484. The van der Waals surface area contributed by atoms with E-state index in [4.69, 9.17) is 4.42 Å². The summed E-state index contributed by atoms with van der Waals surface area (Å²) >= 11 is 1.63. The zero-order valence-corrected chi connectivity index (χ0v) is 16.9. The molecule has 1 aliphatic rings. The van der Waals surface area contributed by atoms with Gasteiger partial charge in [0.2, 0.25) is 0 Å². The molecule has 6 heteroatoms. The van der Waals surface area contributed by atoms with Crippen molar-refractivity contribution in [1.29, 1.82) is 0 Å². The molecule has 1 fully saturated rings. The van der Waals surface area contributed by atoms with Crippen LogP contribution in [0.15, 0.2) is 68.7 Å². The van der Waals surface area contributed by atoms with Crippen molar-refractivity contribution < 1.29 is 14.0 Å². The summed E-state index contributed by atoms with van der Waals surface area (Å²) in [5, 5.41) is 0.703. The molecule has 0 bridgehead atoms. The Bertz CT molecular complexity index is 1120. The van der Waals surface area contributed by atoms with Gasteiger partial charge in [0.25, 0.3) is 5.91 Å². The van der Waals surface area contributed by atoms with E-state index in [-0.39, 0.29) is 23.2 Å². The largest absolute Gasteiger partial charge is 0.422 e. The van der Waals surface area contributed by atoms with E-state index in [1.54, 1.807) is 40.9 Å². The molecule has 2 heterocycles. The molecule has 5 nitrogen and oxygen atoms in total. The number of Topliss-reactive ketones (excluding diaryl/α,β-unsaturated/α-hetero) is 1. The van der Waals surface area contributed by atoms with E-state index in [0.717, 1.165) is 17.7 Å². The number of para-hydroxylation sites is 1. The smallest absolute Gasteiger partial charge is 0.349 e. The first-order valence-electron chi connectivity index (χ1n) is 9.57. The lowest BCUT2D eigenvalue weighted by Gasteiger charge is -2.32. The number of hydrogen-bond acceptors (Lipinski definition) is 5. The van der Waals surface area contributed by atoms with E-state index in [1.807, 2.05) is 36.6 Å². The van der Waals surface area contributed by atoms with Crippen LogP contribution in [0, 0.1) is 5.92 Å². The van der Waals surface area contributed by atoms with Crippen LogP contribution < -0.4 is 5.63 Å². The SMILES string of the molecule is CSc1ccc(C(=O)[C@@H]2CCCN(C(=O)c3cc4ccccc4oc3=O)C2)cc1. The summed E-state index contributed by atoms with van der Waals surface area (Å²) in [6.07, 6.45) is 3.45. The molecular formula is C23H21NO4S. The third kappa shape index (κ3) is 3.98. The number of thioether (sulfide) groups is 1. The van der Waals surface area contributed by atoms with E-state index in [2.05, 4.69) is 0 Å². The number of ketones is 1. The quantitative estimate of drug-likeness (QED) is 0.367. The van der Waals surface area contributed by atoms with E-state index < -0.39 is 5.63 Å². The topological polar surface area (TPSA) is 67.6 Å². The molecule has 1 amide bonds. The Morgan fingerprint density at radius 1 is 1.10 bits per heavy atom. The standard InChI is InChI=1S/C23H21NO4S/c1-29-18-10-8-15(9-11-18)21(25)17-6-4-12-24(14-17)22(26)19-13-16-5-2-3-7-20(16)28-23(19)27/h2-3,5,7-11,13,17H,4,6,12,14H2,1H3/t17-/m1/s1. The van der Waals surface area contributed by atoms with Gasteiger partial charge in [-0.05, 0) is 43.4 Å². The zero-order valence-electron chi connectivity index (χ0n) is 16.1. The van der Waals surface area contributed by atoms with E-state index >= 15 is 0 Å². The maximum Gasteiger partial charge on any atom is 0.349 e. The van der Waals surface area contributed by atoms with Crippen LogP contribution in [-0.2, 0) is 0 Å². The Morgan fingerprint density at radius 2 is 1.86 bits per heavy atom. The number of fused-ring (bicyclic) bond motifs is 1. The summed E-state index contributed by atoms with van der Waals surface area (Å²) in [6, 6.07) is 16.2. The van der Waals surface area contributed by atoms with Crippen LogP contribution in [0.1, 0.15) is 33.6 Å². The first-order chi connectivity index (χ1) is 14.1.